The van der Waals surface area contributed by atoms with E-state index in [1.165, 1.54) is 65.5 Å². The van der Waals surface area contributed by atoms with Crippen molar-refractivity contribution >= 4 is 65.4 Å². The molecule has 0 saturated heterocycles. The summed E-state index contributed by atoms with van der Waals surface area (Å²) in [6, 6.07) is 83.3. The van der Waals surface area contributed by atoms with Gasteiger partial charge in [0, 0.05) is 49.3 Å². The summed E-state index contributed by atoms with van der Waals surface area (Å²) in [6.07, 6.45) is 0. The van der Waals surface area contributed by atoms with Gasteiger partial charge in [0.1, 0.15) is 5.82 Å². The summed E-state index contributed by atoms with van der Waals surface area (Å²) >= 11 is 0. The molecule has 4 aromatic heterocycles. The zero-order valence-corrected chi connectivity index (χ0v) is 34.2. The molecule has 13 rings (SSSR count). The SMILES string of the molecule is c1ccc(-c2cccc(-n3c4ccccc4c4c3ccc3c5ccccc5n(-c5cccc(-c6cc(-c7ccccc7)nc(-n7c8ccccc8c8ccccc87)c6)c5)c34)c2)cc1. The molecule has 9 aromatic carbocycles. The van der Waals surface area contributed by atoms with Crippen LogP contribution in [0.3, 0.4) is 0 Å². The fourth-order valence-electron chi connectivity index (χ4n) is 10.1. The van der Waals surface area contributed by atoms with E-state index < -0.39 is 0 Å². The molecular formula is C59H38N4. The van der Waals surface area contributed by atoms with Crippen molar-refractivity contribution in [2.24, 2.45) is 0 Å². The van der Waals surface area contributed by atoms with Crippen LogP contribution in [0.15, 0.2) is 231 Å². The number of hydrogen-bond donors (Lipinski definition) is 0. The van der Waals surface area contributed by atoms with Crippen molar-refractivity contribution in [2.75, 3.05) is 0 Å². The fourth-order valence-corrected chi connectivity index (χ4v) is 10.1. The second-order valence-electron chi connectivity index (χ2n) is 16.4. The number of aromatic nitrogens is 4. The van der Waals surface area contributed by atoms with E-state index in [2.05, 4.69) is 244 Å². The van der Waals surface area contributed by atoms with Crippen LogP contribution in [0.4, 0.5) is 0 Å². The van der Waals surface area contributed by atoms with Crippen LogP contribution in [0.5, 0.6) is 0 Å². The van der Waals surface area contributed by atoms with Crippen molar-refractivity contribution in [1.29, 1.82) is 0 Å². The van der Waals surface area contributed by atoms with Crippen molar-refractivity contribution in [3.05, 3.63) is 231 Å². The molecule has 0 spiro atoms. The van der Waals surface area contributed by atoms with Gasteiger partial charge in [-0.05, 0) is 89.0 Å². The van der Waals surface area contributed by atoms with Crippen LogP contribution >= 0.6 is 0 Å². The predicted octanol–water partition coefficient (Wildman–Crippen LogP) is 15.4. The minimum atomic E-state index is 0.886. The van der Waals surface area contributed by atoms with Gasteiger partial charge in [0.15, 0.2) is 0 Å². The van der Waals surface area contributed by atoms with Crippen molar-refractivity contribution in [3.8, 4) is 50.7 Å². The Bertz CT molecular complexity index is 3850. The first-order chi connectivity index (χ1) is 31.3. The van der Waals surface area contributed by atoms with Gasteiger partial charge in [-0.1, -0.05) is 164 Å². The van der Waals surface area contributed by atoms with Crippen LogP contribution in [0, 0.1) is 0 Å². The van der Waals surface area contributed by atoms with Gasteiger partial charge in [0.25, 0.3) is 0 Å². The molecule has 0 bridgehead atoms. The zero-order chi connectivity index (χ0) is 41.4. The van der Waals surface area contributed by atoms with E-state index in [1.54, 1.807) is 0 Å². The molecule has 4 heterocycles. The molecule has 0 aliphatic rings. The Hall–Kier alpha value is -8.47. The largest absolute Gasteiger partial charge is 0.309 e. The van der Waals surface area contributed by atoms with E-state index in [1.807, 2.05) is 0 Å². The second-order valence-corrected chi connectivity index (χ2v) is 16.4. The molecule has 0 atom stereocenters. The van der Waals surface area contributed by atoms with Crippen LogP contribution in [-0.4, -0.2) is 18.7 Å². The molecule has 0 amide bonds. The van der Waals surface area contributed by atoms with Crippen molar-refractivity contribution in [2.45, 2.75) is 0 Å². The molecular weight excluding hydrogens is 765 g/mol. The second kappa shape index (κ2) is 14.1. The maximum Gasteiger partial charge on any atom is 0.138 e. The van der Waals surface area contributed by atoms with E-state index in [4.69, 9.17) is 4.98 Å². The Morgan fingerprint density at radius 3 is 1.38 bits per heavy atom. The average molecular weight is 803 g/mol. The standard InChI is InChI=1S/C59H38N4/c1-3-17-39(18-4-1)41-21-15-23-44(35-41)61-55-32-14-10-28-50(55)58-56(61)34-33-49-48-27-9-11-29-52(48)62(59(49)58)45-24-16-22-42(36-45)43-37-51(40-19-5-2-6-20-40)60-57(38-43)63-53-30-12-7-25-46(53)47-26-8-13-31-54(47)63/h1-38H. The van der Waals surface area contributed by atoms with Crippen LogP contribution in [-0.2, 0) is 0 Å². The zero-order valence-electron chi connectivity index (χ0n) is 34.2. The first kappa shape index (κ1) is 35.3. The Morgan fingerprint density at radius 1 is 0.270 bits per heavy atom. The topological polar surface area (TPSA) is 27.7 Å². The Balaban J connectivity index is 1.06. The lowest BCUT2D eigenvalue weighted by molar-refractivity contribution is 1.08. The number of fused-ring (bicyclic) bond motifs is 10. The van der Waals surface area contributed by atoms with Gasteiger partial charge in [0.2, 0.25) is 0 Å². The third-order valence-electron chi connectivity index (χ3n) is 12.8. The minimum absolute atomic E-state index is 0.886. The number of hydrogen-bond acceptors (Lipinski definition) is 1. The number of pyridine rings is 1. The summed E-state index contributed by atoms with van der Waals surface area (Å²) in [5.74, 6) is 0.886. The quantitative estimate of drug-likeness (QED) is 0.165. The third-order valence-corrected chi connectivity index (χ3v) is 12.8. The molecule has 0 unspecified atom stereocenters. The highest BCUT2D eigenvalue weighted by atomic mass is 15.1. The summed E-state index contributed by atoms with van der Waals surface area (Å²) in [5.41, 5.74) is 15.9. The van der Waals surface area contributed by atoms with Crippen LogP contribution in [0.25, 0.3) is 116 Å². The van der Waals surface area contributed by atoms with Crippen LogP contribution < -0.4 is 0 Å². The molecule has 0 N–H and O–H groups in total. The van der Waals surface area contributed by atoms with Gasteiger partial charge in [-0.3, -0.25) is 4.57 Å². The molecule has 13 aromatic rings. The lowest BCUT2D eigenvalue weighted by Gasteiger charge is -2.15. The molecule has 0 aliphatic carbocycles. The molecule has 0 aliphatic heterocycles. The third kappa shape index (κ3) is 5.52. The summed E-state index contributed by atoms with van der Waals surface area (Å²) in [6.45, 7) is 0. The molecule has 0 radical (unpaired) electrons. The Morgan fingerprint density at radius 2 is 0.746 bits per heavy atom. The molecule has 0 saturated carbocycles. The van der Waals surface area contributed by atoms with Gasteiger partial charge in [0.05, 0.1) is 38.8 Å². The van der Waals surface area contributed by atoms with Gasteiger partial charge >= 0.3 is 0 Å². The number of benzene rings is 9. The highest BCUT2D eigenvalue weighted by Gasteiger charge is 2.22. The molecule has 294 valence electrons. The predicted molar refractivity (Wildman–Crippen MR) is 264 cm³/mol. The summed E-state index contributed by atoms with van der Waals surface area (Å²) < 4.78 is 7.24. The number of nitrogens with zero attached hydrogens (tertiary/aromatic N) is 4. The van der Waals surface area contributed by atoms with Crippen molar-refractivity contribution < 1.29 is 0 Å². The molecule has 63 heavy (non-hydrogen) atoms. The lowest BCUT2D eigenvalue weighted by Crippen LogP contribution is -2.00. The number of rotatable bonds is 6. The monoisotopic (exact) mass is 802 g/mol. The van der Waals surface area contributed by atoms with Crippen molar-refractivity contribution in [3.63, 3.8) is 0 Å². The van der Waals surface area contributed by atoms with E-state index in [-0.39, 0.29) is 0 Å². The van der Waals surface area contributed by atoms with Crippen molar-refractivity contribution in [1.82, 2.24) is 18.7 Å². The maximum absolute atomic E-state index is 5.39. The normalized spacial score (nSPS) is 11.8. The Labute approximate surface area is 363 Å². The van der Waals surface area contributed by atoms with Crippen LogP contribution in [0.2, 0.25) is 0 Å². The molecule has 4 heteroatoms. The molecule has 0 fully saturated rings. The van der Waals surface area contributed by atoms with E-state index >= 15 is 0 Å². The average Bonchev–Trinajstić information content (AvgIpc) is 4.00. The van der Waals surface area contributed by atoms with Gasteiger partial charge < -0.3 is 9.13 Å². The first-order valence-electron chi connectivity index (χ1n) is 21.5. The van der Waals surface area contributed by atoms with E-state index in [0.717, 1.165) is 50.6 Å². The lowest BCUT2D eigenvalue weighted by atomic mass is 10.0. The van der Waals surface area contributed by atoms with Gasteiger partial charge in [-0.25, -0.2) is 4.98 Å². The summed E-state index contributed by atoms with van der Waals surface area (Å²) in [4.78, 5) is 5.39. The van der Waals surface area contributed by atoms with Crippen LogP contribution in [0.1, 0.15) is 0 Å². The van der Waals surface area contributed by atoms with E-state index in [0.29, 0.717) is 0 Å². The van der Waals surface area contributed by atoms with Gasteiger partial charge in [-0.15, -0.1) is 0 Å². The maximum atomic E-state index is 5.39. The van der Waals surface area contributed by atoms with E-state index in [9.17, 15) is 0 Å². The first-order valence-corrected chi connectivity index (χ1v) is 21.5. The molecule has 4 nitrogen and oxygen atoms in total. The van der Waals surface area contributed by atoms with Gasteiger partial charge in [-0.2, -0.15) is 0 Å². The Kier molecular flexibility index (Phi) is 7.87. The minimum Gasteiger partial charge on any atom is -0.309 e. The smallest absolute Gasteiger partial charge is 0.138 e. The fraction of sp³-hybridized carbons (Fsp3) is 0. The summed E-state index contributed by atoms with van der Waals surface area (Å²) in [5, 5.41) is 7.35. The highest BCUT2D eigenvalue weighted by molar-refractivity contribution is 6.26. The summed E-state index contributed by atoms with van der Waals surface area (Å²) in [7, 11) is 0. The highest BCUT2D eigenvalue weighted by Crippen LogP contribution is 2.43. The number of para-hydroxylation sites is 4.